The molecule has 102 valence electrons. The van der Waals surface area contributed by atoms with Gasteiger partial charge in [0.2, 0.25) is 5.95 Å². The summed E-state index contributed by atoms with van der Waals surface area (Å²) in [7, 11) is 0. The Morgan fingerprint density at radius 2 is 1.80 bits per heavy atom. The van der Waals surface area contributed by atoms with Crippen molar-refractivity contribution in [3.05, 3.63) is 49.8 Å². The second-order valence-electron chi connectivity index (χ2n) is 4.16. The smallest absolute Gasteiger partial charge is 0.205 e. The first-order valence-corrected chi connectivity index (χ1v) is 7.39. The van der Waals surface area contributed by atoms with Crippen LogP contribution in [0.4, 0.5) is 10.3 Å². The molecule has 0 saturated carbocycles. The maximum absolute atomic E-state index is 13.5. The zero-order valence-corrected chi connectivity index (χ0v) is 13.5. The molecule has 0 spiro atoms. The standard InChI is InChI=1S/C13H7Cl2FIN3/c14-8-4-7(5-9(15)12(8)16)20-11-2-1-6(17)3-10(11)19-13(20)18/h1-5H,(H2,18,19). The number of rotatable bonds is 1. The van der Waals surface area contributed by atoms with Gasteiger partial charge in [0.25, 0.3) is 0 Å². The van der Waals surface area contributed by atoms with Gasteiger partial charge in [-0.3, -0.25) is 4.57 Å². The first-order chi connectivity index (χ1) is 9.47. The Balaban J connectivity index is 2.32. The van der Waals surface area contributed by atoms with Crippen LogP contribution in [0.25, 0.3) is 16.7 Å². The van der Waals surface area contributed by atoms with Gasteiger partial charge in [0.15, 0.2) is 5.82 Å². The van der Waals surface area contributed by atoms with E-state index in [1.54, 1.807) is 4.57 Å². The first-order valence-electron chi connectivity index (χ1n) is 5.56. The number of halogens is 4. The Hall–Kier alpha value is -1.05. The predicted octanol–water partition coefficient (Wildman–Crippen LogP) is 4.66. The lowest BCUT2D eigenvalue weighted by atomic mass is 10.2. The molecule has 2 aromatic carbocycles. The fraction of sp³-hybridized carbons (Fsp3) is 0. The maximum atomic E-state index is 13.5. The molecular formula is C13H7Cl2FIN3. The molecule has 0 aliphatic carbocycles. The van der Waals surface area contributed by atoms with Crippen LogP contribution in [0.5, 0.6) is 0 Å². The second kappa shape index (κ2) is 5.05. The summed E-state index contributed by atoms with van der Waals surface area (Å²) < 4.78 is 16.2. The quantitative estimate of drug-likeness (QED) is 0.458. The Morgan fingerprint density at radius 1 is 1.15 bits per heavy atom. The van der Waals surface area contributed by atoms with E-state index in [9.17, 15) is 4.39 Å². The minimum absolute atomic E-state index is 0.0562. The predicted molar refractivity (Wildman–Crippen MR) is 88.2 cm³/mol. The van der Waals surface area contributed by atoms with Crippen LogP contribution in [0.3, 0.4) is 0 Å². The van der Waals surface area contributed by atoms with Crippen LogP contribution < -0.4 is 5.73 Å². The lowest BCUT2D eigenvalue weighted by molar-refractivity contribution is 0.628. The summed E-state index contributed by atoms with van der Waals surface area (Å²) in [5.74, 6) is -0.352. The monoisotopic (exact) mass is 421 g/mol. The third-order valence-corrected chi connectivity index (χ3v) is 4.09. The summed E-state index contributed by atoms with van der Waals surface area (Å²) in [4.78, 5) is 4.29. The van der Waals surface area contributed by atoms with Crippen LogP contribution in [0, 0.1) is 9.39 Å². The zero-order chi connectivity index (χ0) is 14.4. The number of fused-ring (bicyclic) bond motifs is 1. The van der Waals surface area contributed by atoms with Gasteiger partial charge < -0.3 is 5.73 Å². The van der Waals surface area contributed by atoms with E-state index in [1.165, 1.54) is 12.1 Å². The zero-order valence-electron chi connectivity index (χ0n) is 9.87. The van der Waals surface area contributed by atoms with E-state index in [0.29, 0.717) is 11.6 Å². The molecule has 0 bridgehead atoms. The third kappa shape index (κ3) is 2.23. The SMILES string of the molecule is Nc1nc2cc(I)ccc2n1-c1cc(Cl)c(F)c(Cl)c1. The molecule has 0 amide bonds. The summed E-state index contributed by atoms with van der Waals surface area (Å²) in [6.45, 7) is 0. The largest absolute Gasteiger partial charge is 0.369 e. The Kier molecular flexibility index (Phi) is 3.51. The summed E-state index contributed by atoms with van der Waals surface area (Å²) in [6.07, 6.45) is 0. The molecule has 0 saturated heterocycles. The molecule has 0 aliphatic heterocycles. The van der Waals surface area contributed by atoms with Gasteiger partial charge in [-0.15, -0.1) is 0 Å². The number of aromatic nitrogens is 2. The van der Waals surface area contributed by atoms with E-state index in [4.69, 9.17) is 28.9 Å². The molecule has 1 aromatic heterocycles. The number of hydrogen-bond acceptors (Lipinski definition) is 2. The minimum atomic E-state index is -0.644. The van der Waals surface area contributed by atoms with Crippen LogP contribution in [-0.4, -0.2) is 9.55 Å². The molecule has 0 fully saturated rings. The second-order valence-corrected chi connectivity index (χ2v) is 6.22. The molecular weight excluding hydrogens is 415 g/mol. The van der Waals surface area contributed by atoms with Crippen LogP contribution in [-0.2, 0) is 0 Å². The van der Waals surface area contributed by atoms with Crippen molar-refractivity contribution >= 4 is 62.8 Å². The minimum Gasteiger partial charge on any atom is -0.369 e. The van der Waals surface area contributed by atoms with Gasteiger partial charge in [-0.1, -0.05) is 23.2 Å². The molecule has 0 aliphatic rings. The van der Waals surface area contributed by atoms with E-state index >= 15 is 0 Å². The Morgan fingerprint density at radius 3 is 2.45 bits per heavy atom. The summed E-state index contributed by atoms with van der Waals surface area (Å²) in [5.41, 5.74) is 8.08. The van der Waals surface area contributed by atoms with Gasteiger partial charge in [0, 0.05) is 3.57 Å². The van der Waals surface area contributed by atoms with Crippen LogP contribution in [0.15, 0.2) is 30.3 Å². The van der Waals surface area contributed by atoms with E-state index in [-0.39, 0.29) is 10.0 Å². The highest BCUT2D eigenvalue weighted by Crippen LogP contribution is 2.30. The average molecular weight is 422 g/mol. The van der Waals surface area contributed by atoms with Crippen molar-refractivity contribution in [2.24, 2.45) is 0 Å². The van der Waals surface area contributed by atoms with Gasteiger partial charge in [0.1, 0.15) is 0 Å². The fourth-order valence-electron chi connectivity index (χ4n) is 2.01. The number of nitrogens with two attached hydrogens (primary N) is 1. The summed E-state index contributed by atoms with van der Waals surface area (Å²) in [5, 5.41) is -0.112. The molecule has 3 nitrogen and oxygen atoms in total. The van der Waals surface area contributed by atoms with Crippen LogP contribution >= 0.6 is 45.8 Å². The Bertz CT molecular complexity index is 809. The number of imidazole rings is 1. The normalized spacial score (nSPS) is 11.2. The maximum Gasteiger partial charge on any atom is 0.205 e. The molecule has 3 rings (SSSR count). The van der Waals surface area contributed by atoms with Crippen molar-refractivity contribution in [2.45, 2.75) is 0 Å². The molecule has 3 aromatic rings. The van der Waals surface area contributed by atoms with Crippen LogP contribution in [0.2, 0.25) is 10.0 Å². The van der Waals surface area contributed by atoms with Crippen LogP contribution in [0.1, 0.15) is 0 Å². The van der Waals surface area contributed by atoms with Crippen molar-refractivity contribution in [3.63, 3.8) is 0 Å². The summed E-state index contributed by atoms with van der Waals surface area (Å²) in [6, 6.07) is 8.69. The molecule has 7 heteroatoms. The summed E-state index contributed by atoms with van der Waals surface area (Å²) >= 11 is 13.9. The van der Waals surface area contributed by atoms with Crippen molar-refractivity contribution in [1.82, 2.24) is 9.55 Å². The highest BCUT2D eigenvalue weighted by molar-refractivity contribution is 14.1. The highest BCUT2D eigenvalue weighted by atomic mass is 127. The van der Waals surface area contributed by atoms with Crippen molar-refractivity contribution in [2.75, 3.05) is 5.73 Å². The lowest BCUT2D eigenvalue weighted by Crippen LogP contribution is -2.01. The van der Waals surface area contributed by atoms with Gasteiger partial charge in [-0.05, 0) is 52.9 Å². The van der Waals surface area contributed by atoms with E-state index in [0.717, 1.165) is 14.6 Å². The van der Waals surface area contributed by atoms with Gasteiger partial charge in [0.05, 0.1) is 26.8 Å². The number of hydrogen-bond donors (Lipinski definition) is 1. The third-order valence-electron chi connectivity index (χ3n) is 2.87. The Labute approximate surface area is 137 Å². The molecule has 0 atom stereocenters. The van der Waals surface area contributed by atoms with Gasteiger partial charge in [-0.25, -0.2) is 9.37 Å². The van der Waals surface area contributed by atoms with Gasteiger partial charge in [-0.2, -0.15) is 0 Å². The van der Waals surface area contributed by atoms with E-state index in [2.05, 4.69) is 27.6 Å². The fourth-order valence-corrected chi connectivity index (χ4v) is 2.96. The van der Waals surface area contributed by atoms with Crippen molar-refractivity contribution in [3.8, 4) is 5.69 Å². The van der Waals surface area contributed by atoms with Gasteiger partial charge >= 0.3 is 0 Å². The topological polar surface area (TPSA) is 43.8 Å². The van der Waals surface area contributed by atoms with Crippen molar-refractivity contribution < 1.29 is 4.39 Å². The molecule has 1 heterocycles. The number of nitrogen functional groups attached to an aromatic ring is 1. The number of benzene rings is 2. The van der Waals surface area contributed by atoms with E-state index < -0.39 is 5.82 Å². The molecule has 0 radical (unpaired) electrons. The number of anilines is 1. The lowest BCUT2D eigenvalue weighted by Gasteiger charge is -2.08. The average Bonchev–Trinajstić information content (AvgIpc) is 2.70. The van der Waals surface area contributed by atoms with E-state index in [1.807, 2.05) is 18.2 Å². The molecule has 20 heavy (non-hydrogen) atoms. The molecule has 0 unspecified atom stereocenters. The molecule has 2 N–H and O–H groups in total. The highest BCUT2D eigenvalue weighted by Gasteiger charge is 2.14. The first kappa shape index (κ1) is 13.9. The number of nitrogens with zero attached hydrogens (tertiary/aromatic N) is 2. The van der Waals surface area contributed by atoms with Crippen molar-refractivity contribution in [1.29, 1.82) is 0 Å².